The highest BCUT2D eigenvalue weighted by molar-refractivity contribution is 5.80. The summed E-state index contributed by atoms with van der Waals surface area (Å²) in [7, 11) is 0. The van der Waals surface area contributed by atoms with Crippen LogP contribution in [-0.2, 0) is 0 Å². The van der Waals surface area contributed by atoms with Gasteiger partial charge in [0.15, 0.2) is 23.0 Å². The molecule has 0 saturated carbocycles. The predicted octanol–water partition coefficient (Wildman–Crippen LogP) is 1.91. The van der Waals surface area contributed by atoms with Gasteiger partial charge in [-0.1, -0.05) is 30.3 Å². The van der Waals surface area contributed by atoms with Crippen LogP contribution in [-0.4, -0.2) is 31.3 Å². The molecule has 2 N–H and O–H groups in total. The minimum absolute atomic E-state index is 0.201. The lowest BCUT2D eigenvalue weighted by Gasteiger charge is -2.05. The fourth-order valence-corrected chi connectivity index (χ4v) is 2.11. The van der Waals surface area contributed by atoms with Crippen LogP contribution in [0.4, 0.5) is 0 Å². The number of phenolic OH excluding ortho intramolecular Hbond substituents is 2. The third-order valence-corrected chi connectivity index (χ3v) is 3.37. The van der Waals surface area contributed by atoms with Crippen molar-refractivity contribution in [1.29, 1.82) is 0 Å². The molecule has 2 aromatic carbocycles. The number of phenols is 2. The van der Waals surface area contributed by atoms with Crippen LogP contribution in [0.25, 0.3) is 11.3 Å². The van der Waals surface area contributed by atoms with Crippen LogP contribution < -0.4 is 5.56 Å². The standard InChI is InChI=1S/C17H14N4O3/c1-11-19-20-16(13-5-3-2-4-6-13)17(24)21(11)18-10-12-7-8-14(22)15(23)9-12/h2-10,22-23H,1H3. The van der Waals surface area contributed by atoms with Crippen LogP contribution in [0.15, 0.2) is 58.4 Å². The third-order valence-electron chi connectivity index (χ3n) is 3.37. The lowest BCUT2D eigenvalue weighted by Crippen LogP contribution is -2.23. The van der Waals surface area contributed by atoms with Crippen molar-refractivity contribution >= 4 is 6.21 Å². The van der Waals surface area contributed by atoms with Gasteiger partial charge in [0.1, 0.15) is 0 Å². The van der Waals surface area contributed by atoms with Crippen molar-refractivity contribution in [3.63, 3.8) is 0 Å². The summed E-state index contributed by atoms with van der Waals surface area (Å²) in [6.45, 7) is 1.62. The number of aromatic nitrogens is 3. The van der Waals surface area contributed by atoms with E-state index in [1.165, 1.54) is 18.3 Å². The molecule has 0 amide bonds. The van der Waals surface area contributed by atoms with E-state index in [0.29, 0.717) is 17.0 Å². The highest BCUT2D eigenvalue weighted by atomic mass is 16.3. The molecule has 0 spiro atoms. The molecule has 1 heterocycles. The van der Waals surface area contributed by atoms with Gasteiger partial charge in [-0.2, -0.15) is 9.78 Å². The molecule has 0 radical (unpaired) electrons. The van der Waals surface area contributed by atoms with E-state index in [4.69, 9.17) is 0 Å². The second-order valence-electron chi connectivity index (χ2n) is 5.07. The van der Waals surface area contributed by atoms with Crippen molar-refractivity contribution in [1.82, 2.24) is 14.9 Å². The smallest absolute Gasteiger partial charge is 0.301 e. The van der Waals surface area contributed by atoms with Gasteiger partial charge in [0, 0.05) is 5.56 Å². The normalized spacial score (nSPS) is 11.0. The van der Waals surface area contributed by atoms with Gasteiger partial charge in [0.25, 0.3) is 0 Å². The minimum atomic E-state index is -0.395. The Hall–Kier alpha value is -3.48. The maximum Gasteiger partial charge on any atom is 0.301 e. The number of nitrogens with zero attached hydrogens (tertiary/aromatic N) is 4. The van der Waals surface area contributed by atoms with Gasteiger partial charge in [-0.05, 0) is 30.7 Å². The molecule has 1 aromatic heterocycles. The first-order chi connectivity index (χ1) is 11.6. The molecule has 7 heteroatoms. The van der Waals surface area contributed by atoms with Crippen molar-refractivity contribution in [2.75, 3.05) is 0 Å². The molecule has 0 atom stereocenters. The van der Waals surface area contributed by atoms with Crippen LogP contribution in [0.5, 0.6) is 11.5 Å². The number of rotatable bonds is 3. The summed E-state index contributed by atoms with van der Waals surface area (Å²) >= 11 is 0. The fraction of sp³-hybridized carbons (Fsp3) is 0.0588. The summed E-state index contributed by atoms with van der Waals surface area (Å²) in [5, 5.41) is 30.9. The van der Waals surface area contributed by atoms with Gasteiger partial charge in [0.05, 0.1) is 6.21 Å². The van der Waals surface area contributed by atoms with Gasteiger partial charge in [-0.3, -0.25) is 4.79 Å². The van der Waals surface area contributed by atoms with E-state index >= 15 is 0 Å². The lowest BCUT2D eigenvalue weighted by atomic mass is 10.2. The fourth-order valence-electron chi connectivity index (χ4n) is 2.11. The Morgan fingerprint density at radius 1 is 1.04 bits per heavy atom. The lowest BCUT2D eigenvalue weighted by molar-refractivity contribution is 0.403. The van der Waals surface area contributed by atoms with Gasteiger partial charge < -0.3 is 10.2 Å². The molecule has 0 unspecified atom stereocenters. The highest BCUT2D eigenvalue weighted by Crippen LogP contribution is 2.24. The van der Waals surface area contributed by atoms with E-state index in [1.807, 2.05) is 18.2 Å². The van der Waals surface area contributed by atoms with Gasteiger partial charge in [0.2, 0.25) is 0 Å². The topological polar surface area (TPSA) is 101 Å². The van der Waals surface area contributed by atoms with Crippen LogP contribution in [0.2, 0.25) is 0 Å². The average Bonchev–Trinajstić information content (AvgIpc) is 2.58. The first-order valence-electron chi connectivity index (χ1n) is 7.14. The van der Waals surface area contributed by atoms with E-state index in [9.17, 15) is 15.0 Å². The number of hydrogen-bond donors (Lipinski definition) is 2. The molecule has 0 fully saturated rings. The molecule has 0 aliphatic heterocycles. The Morgan fingerprint density at radius 2 is 1.79 bits per heavy atom. The van der Waals surface area contributed by atoms with E-state index in [2.05, 4.69) is 15.3 Å². The molecule has 24 heavy (non-hydrogen) atoms. The van der Waals surface area contributed by atoms with Crippen molar-refractivity contribution in [3.05, 3.63) is 70.3 Å². The molecule has 0 bridgehead atoms. The quantitative estimate of drug-likeness (QED) is 0.566. The summed E-state index contributed by atoms with van der Waals surface area (Å²) < 4.78 is 1.14. The Labute approximate surface area is 137 Å². The number of benzene rings is 2. The predicted molar refractivity (Wildman–Crippen MR) is 89.2 cm³/mol. The van der Waals surface area contributed by atoms with E-state index in [-0.39, 0.29) is 17.2 Å². The first-order valence-corrected chi connectivity index (χ1v) is 7.14. The van der Waals surface area contributed by atoms with Crippen LogP contribution in [0.3, 0.4) is 0 Å². The largest absolute Gasteiger partial charge is 0.504 e. The van der Waals surface area contributed by atoms with E-state index in [1.54, 1.807) is 25.1 Å². The maximum atomic E-state index is 12.6. The molecule has 3 rings (SSSR count). The number of aromatic hydroxyl groups is 2. The molecule has 0 saturated heterocycles. The number of hydrogen-bond acceptors (Lipinski definition) is 6. The summed E-state index contributed by atoms with van der Waals surface area (Å²) in [6.07, 6.45) is 1.39. The van der Waals surface area contributed by atoms with Crippen molar-refractivity contribution in [2.45, 2.75) is 6.92 Å². The second kappa shape index (κ2) is 6.33. The summed E-state index contributed by atoms with van der Waals surface area (Å²) in [5.41, 5.74) is 0.982. The van der Waals surface area contributed by atoms with Gasteiger partial charge >= 0.3 is 5.56 Å². The molecule has 3 aromatic rings. The average molecular weight is 322 g/mol. The first kappa shape index (κ1) is 15.4. The van der Waals surface area contributed by atoms with Crippen molar-refractivity contribution in [2.24, 2.45) is 5.10 Å². The maximum absolute atomic E-state index is 12.6. The second-order valence-corrected chi connectivity index (χ2v) is 5.07. The van der Waals surface area contributed by atoms with Crippen molar-refractivity contribution in [3.8, 4) is 22.8 Å². The van der Waals surface area contributed by atoms with Crippen LogP contribution >= 0.6 is 0 Å². The molecule has 7 nitrogen and oxygen atoms in total. The zero-order chi connectivity index (χ0) is 17.1. The molecule has 120 valence electrons. The molecule has 0 aliphatic carbocycles. The summed E-state index contributed by atoms with van der Waals surface area (Å²) in [6, 6.07) is 13.2. The Bertz CT molecular complexity index is 965. The van der Waals surface area contributed by atoms with Crippen molar-refractivity contribution < 1.29 is 10.2 Å². The van der Waals surface area contributed by atoms with E-state index < -0.39 is 5.56 Å². The zero-order valence-electron chi connectivity index (χ0n) is 12.8. The summed E-state index contributed by atoms with van der Waals surface area (Å²) in [4.78, 5) is 12.6. The molecular weight excluding hydrogens is 308 g/mol. The zero-order valence-corrected chi connectivity index (χ0v) is 12.8. The van der Waals surface area contributed by atoms with E-state index in [0.717, 1.165) is 4.68 Å². The molecular formula is C17H14N4O3. The molecule has 0 aliphatic rings. The Morgan fingerprint density at radius 3 is 2.50 bits per heavy atom. The number of aryl methyl sites for hydroxylation is 1. The Balaban J connectivity index is 2.03. The van der Waals surface area contributed by atoms with Gasteiger partial charge in [-0.15, -0.1) is 10.2 Å². The minimum Gasteiger partial charge on any atom is -0.504 e. The monoisotopic (exact) mass is 322 g/mol. The van der Waals surface area contributed by atoms with Gasteiger partial charge in [-0.25, -0.2) is 0 Å². The SMILES string of the molecule is Cc1nnc(-c2ccccc2)c(=O)n1N=Cc1ccc(O)c(O)c1. The van der Waals surface area contributed by atoms with Crippen LogP contribution in [0.1, 0.15) is 11.4 Å². The Kier molecular flexibility index (Phi) is 4.07. The van der Waals surface area contributed by atoms with Crippen LogP contribution in [0, 0.1) is 6.92 Å². The highest BCUT2D eigenvalue weighted by Gasteiger charge is 2.10. The third kappa shape index (κ3) is 3.00. The summed E-state index contributed by atoms with van der Waals surface area (Å²) in [5.74, 6) is -0.155.